The summed E-state index contributed by atoms with van der Waals surface area (Å²) in [5.74, 6) is -1.21. The summed E-state index contributed by atoms with van der Waals surface area (Å²) in [4.78, 5) is 3.18. The van der Waals surface area contributed by atoms with Crippen molar-refractivity contribution in [3.63, 3.8) is 0 Å². The van der Waals surface area contributed by atoms with Gasteiger partial charge >= 0.3 is 0 Å². The second-order valence-electron chi connectivity index (χ2n) is 2.02. The molecular formula is C6H4BrF3N2. The molecule has 0 atom stereocenters. The van der Waals surface area contributed by atoms with E-state index >= 15 is 0 Å². The molecule has 1 rings (SSSR count). The molecule has 0 fully saturated rings. The van der Waals surface area contributed by atoms with Crippen LogP contribution in [0.2, 0.25) is 0 Å². The minimum absolute atomic E-state index is 0.147. The van der Waals surface area contributed by atoms with Crippen LogP contribution in [0.3, 0.4) is 0 Å². The maximum Gasteiger partial charge on any atom is 0.283 e. The average Bonchev–Trinajstić information content (AvgIpc) is 1.96. The van der Waals surface area contributed by atoms with Crippen LogP contribution in [-0.4, -0.2) is 4.98 Å². The predicted octanol–water partition coefficient (Wildman–Crippen LogP) is 2.50. The molecule has 0 radical (unpaired) electrons. The van der Waals surface area contributed by atoms with Crippen LogP contribution in [-0.2, 0) is 0 Å². The molecule has 0 amide bonds. The summed E-state index contributed by atoms with van der Waals surface area (Å²) >= 11 is 2.86. The molecule has 1 aromatic heterocycles. The molecule has 2 nitrogen and oxygen atoms in total. The number of pyridine rings is 1. The van der Waals surface area contributed by atoms with Crippen molar-refractivity contribution in [1.82, 2.24) is 4.98 Å². The van der Waals surface area contributed by atoms with Gasteiger partial charge in [-0.1, -0.05) is 0 Å². The Morgan fingerprint density at radius 1 is 1.50 bits per heavy atom. The first kappa shape index (κ1) is 9.31. The Morgan fingerprint density at radius 2 is 2.08 bits per heavy atom. The largest absolute Gasteiger partial charge is 0.383 e. The molecular weight excluding hydrogens is 237 g/mol. The van der Waals surface area contributed by atoms with Crippen molar-refractivity contribution in [3.05, 3.63) is 22.1 Å². The van der Waals surface area contributed by atoms with Crippen LogP contribution in [0.25, 0.3) is 0 Å². The smallest absolute Gasteiger partial charge is 0.283 e. The number of nitrogens with zero attached hydrogens (tertiary/aromatic N) is 1. The Morgan fingerprint density at radius 3 is 2.58 bits per heavy atom. The zero-order chi connectivity index (χ0) is 9.30. The lowest BCUT2D eigenvalue weighted by Crippen LogP contribution is -2.00. The summed E-state index contributed by atoms with van der Waals surface area (Å²) in [6.07, 6.45) is -2.94. The third kappa shape index (κ3) is 1.69. The van der Waals surface area contributed by atoms with Crippen molar-refractivity contribution < 1.29 is 13.2 Å². The van der Waals surface area contributed by atoms with Gasteiger partial charge in [-0.05, 0) is 22.0 Å². The first-order valence-corrected chi connectivity index (χ1v) is 3.71. The van der Waals surface area contributed by atoms with Gasteiger partial charge in [0.15, 0.2) is 5.82 Å². The molecule has 0 saturated carbocycles. The minimum atomic E-state index is -2.94. The second kappa shape index (κ2) is 3.30. The van der Waals surface area contributed by atoms with Crippen molar-refractivity contribution in [2.24, 2.45) is 0 Å². The van der Waals surface area contributed by atoms with Gasteiger partial charge in [0.05, 0.1) is 4.47 Å². The number of hydrogen-bond acceptors (Lipinski definition) is 2. The number of nitrogen functional groups attached to an aromatic ring is 1. The van der Waals surface area contributed by atoms with E-state index in [-0.39, 0.29) is 10.3 Å². The Balaban J connectivity index is 3.23. The highest BCUT2D eigenvalue weighted by atomic mass is 79.9. The molecule has 0 saturated heterocycles. The van der Waals surface area contributed by atoms with Gasteiger partial charge in [0.1, 0.15) is 11.5 Å². The van der Waals surface area contributed by atoms with Crippen molar-refractivity contribution in [2.45, 2.75) is 6.43 Å². The summed E-state index contributed by atoms with van der Waals surface area (Å²) in [5, 5.41) is 0. The fraction of sp³-hybridized carbons (Fsp3) is 0.167. The van der Waals surface area contributed by atoms with E-state index in [0.717, 1.165) is 6.07 Å². The number of rotatable bonds is 1. The van der Waals surface area contributed by atoms with Gasteiger partial charge in [-0.2, -0.15) is 0 Å². The molecule has 12 heavy (non-hydrogen) atoms. The molecule has 0 spiro atoms. The molecule has 0 aliphatic carbocycles. The molecule has 1 heterocycles. The van der Waals surface area contributed by atoms with E-state index in [4.69, 9.17) is 5.73 Å². The van der Waals surface area contributed by atoms with E-state index in [0.29, 0.717) is 0 Å². The standard InChI is InChI=1S/C6H4BrF3N2/c7-2-1-3(8)4(5(9)10)12-6(2)11/h1,5H,(H2,11,12). The van der Waals surface area contributed by atoms with Gasteiger partial charge in [0.2, 0.25) is 0 Å². The quantitative estimate of drug-likeness (QED) is 0.820. The van der Waals surface area contributed by atoms with Crippen molar-refractivity contribution in [1.29, 1.82) is 0 Å². The average molecular weight is 241 g/mol. The number of nitrogens with two attached hydrogens (primary N) is 1. The van der Waals surface area contributed by atoms with Crippen molar-refractivity contribution >= 4 is 21.7 Å². The van der Waals surface area contributed by atoms with E-state index < -0.39 is 17.9 Å². The van der Waals surface area contributed by atoms with E-state index in [9.17, 15) is 13.2 Å². The third-order valence-corrected chi connectivity index (χ3v) is 1.83. The maximum absolute atomic E-state index is 12.7. The van der Waals surface area contributed by atoms with Gasteiger partial charge in [0, 0.05) is 0 Å². The van der Waals surface area contributed by atoms with Crippen LogP contribution in [0.15, 0.2) is 10.5 Å². The first-order chi connectivity index (χ1) is 5.52. The van der Waals surface area contributed by atoms with Crippen LogP contribution in [0.4, 0.5) is 19.0 Å². The molecule has 0 aliphatic heterocycles. The molecule has 1 aromatic rings. The van der Waals surface area contributed by atoms with Gasteiger partial charge in [-0.25, -0.2) is 18.2 Å². The normalized spacial score (nSPS) is 10.8. The molecule has 0 aliphatic rings. The lowest BCUT2D eigenvalue weighted by Gasteiger charge is -2.03. The molecule has 66 valence electrons. The van der Waals surface area contributed by atoms with E-state index in [2.05, 4.69) is 20.9 Å². The van der Waals surface area contributed by atoms with Crippen LogP contribution in [0.5, 0.6) is 0 Å². The van der Waals surface area contributed by atoms with Gasteiger partial charge in [-0.3, -0.25) is 0 Å². The number of alkyl halides is 2. The molecule has 0 unspecified atom stereocenters. The number of anilines is 1. The van der Waals surface area contributed by atoms with Crippen molar-refractivity contribution in [3.8, 4) is 0 Å². The number of halogens is 4. The third-order valence-electron chi connectivity index (χ3n) is 1.19. The molecule has 6 heteroatoms. The van der Waals surface area contributed by atoms with Crippen molar-refractivity contribution in [2.75, 3.05) is 5.73 Å². The molecule has 0 aromatic carbocycles. The van der Waals surface area contributed by atoms with Gasteiger partial charge in [-0.15, -0.1) is 0 Å². The topological polar surface area (TPSA) is 38.9 Å². The highest BCUT2D eigenvalue weighted by Gasteiger charge is 2.16. The Hall–Kier alpha value is -0.780. The maximum atomic E-state index is 12.7. The number of aromatic nitrogens is 1. The van der Waals surface area contributed by atoms with Crippen LogP contribution in [0.1, 0.15) is 12.1 Å². The highest BCUT2D eigenvalue weighted by Crippen LogP contribution is 2.25. The summed E-state index contributed by atoms with van der Waals surface area (Å²) in [7, 11) is 0. The lowest BCUT2D eigenvalue weighted by atomic mass is 10.3. The Labute approximate surface area is 74.7 Å². The first-order valence-electron chi connectivity index (χ1n) is 2.92. The predicted molar refractivity (Wildman–Crippen MR) is 41.3 cm³/mol. The van der Waals surface area contributed by atoms with Gasteiger partial charge in [0.25, 0.3) is 6.43 Å². The SMILES string of the molecule is Nc1nc(C(F)F)c(F)cc1Br. The summed E-state index contributed by atoms with van der Waals surface area (Å²) < 4.78 is 36.8. The highest BCUT2D eigenvalue weighted by molar-refractivity contribution is 9.10. The Kier molecular flexibility index (Phi) is 2.56. The minimum Gasteiger partial charge on any atom is -0.383 e. The summed E-state index contributed by atoms with van der Waals surface area (Å²) in [6.45, 7) is 0. The van der Waals surface area contributed by atoms with E-state index in [1.54, 1.807) is 0 Å². The summed E-state index contributed by atoms with van der Waals surface area (Å²) in [6, 6.07) is 0.865. The van der Waals surface area contributed by atoms with E-state index in [1.807, 2.05) is 0 Å². The van der Waals surface area contributed by atoms with E-state index in [1.165, 1.54) is 0 Å². The van der Waals surface area contributed by atoms with Crippen LogP contribution < -0.4 is 5.73 Å². The fourth-order valence-electron chi connectivity index (χ4n) is 0.649. The van der Waals surface area contributed by atoms with Crippen LogP contribution in [0, 0.1) is 5.82 Å². The lowest BCUT2D eigenvalue weighted by molar-refractivity contribution is 0.140. The van der Waals surface area contributed by atoms with Crippen LogP contribution >= 0.6 is 15.9 Å². The summed E-state index contributed by atoms with van der Waals surface area (Å²) in [5.41, 5.74) is 4.25. The fourth-order valence-corrected chi connectivity index (χ4v) is 0.938. The monoisotopic (exact) mass is 240 g/mol. The molecule has 2 N–H and O–H groups in total. The second-order valence-corrected chi connectivity index (χ2v) is 2.88. The van der Waals surface area contributed by atoms with Gasteiger partial charge < -0.3 is 5.73 Å². The molecule has 0 bridgehead atoms. The Bertz CT molecular complexity index is 303. The number of hydrogen-bond donors (Lipinski definition) is 1. The zero-order valence-corrected chi connectivity index (χ0v) is 7.28. The zero-order valence-electron chi connectivity index (χ0n) is 5.69.